The van der Waals surface area contributed by atoms with Gasteiger partial charge in [0.05, 0.1) is 5.92 Å². The minimum atomic E-state index is 0.0114. The van der Waals surface area contributed by atoms with Crippen LogP contribution in [0.1, 0.15) is 31.2 Å². The first-order valence-corrected chi connectivity index (χ1v) is 10.5. The van der Waals surface area contributed by atoms with Crippen molar-refractivity contribution < 1.29 is 9.59 Å². The highest BCUT2D eigenvalue weighted by Crippen LogP contribution is 2.32. The third kappa shape index (κ3) is 4.70. The number of carbonyl (C=O) groups excluding carboxylic acids is 2. The van der Waals surface area contributed by atoms with Gasteiger partial charge in [-0.3, -0.25) is 14.5 Å². The summed E-state index contributed by atoms with van der Waals surface area (Å²) in [5, 5.41) is 0. The van der Waals surface area contributed by atoms with Crippen LogP contribution in [0.2, 0.25) is 0 Å². The van der Waals surface area contributed by atoms with E-state index in [0.717, 1.165) is 71.4 Å². The molecule has 0 N–H and O–H groups in total. The van der Waals surface area contributed by atoms with Crippen molar-refractivity contribution in [3.8, 4) is 0 Å². The summed E-state index contributed by atoms with van der Waals surface area (Å²) in [4.78, 5) is 31.7. The van der Waals surface area contributed by atoms with Gasteiger partial charge in [-0.05, 0) is 37.7 Å². The third-order valence-electron chi connectivity index (χ3n) is 6.25. The Labute approximate surface area is 162 Å². The van der Waals surface area contributed by atoms with Crippen LogP contribution in [0, 0.1) is 11.8 Å². The Morgan fingerprint density at radius 1 is 0.815 bits per heavy atom. The van der Waals surface area contributed by atoms with Crippen LogP contribution in [-0.2, 0) is 16.0 Å². The summed E-state index contributed by atoms with van der Waals surface area (Å²) in [7, 11) is 0. The lowest BCUT2D eigenvalue weighted by Gasteiger charge is -2.39. The maximum Gasteiger partial charge on any atom is 0.227 e. The van der Waals surface area contributed by atoms with E-state index in [-0.39, 0.29) is 17.7 Å². The Morgan fingerprint density at radius 2 is 1.52 bits per heavy atom. The molecule has 27 heavy (non-hydrogen) atoms. The van der Waals surface area contributed by atoms with Crippen molar-refractivity contribution in [2.24, 2.45) is 11.8 Å². The summed E-state index contributed by atoms with van der Waals surface area (Å²) in [5.74, 6) is 0.827. The van der Waals surface area contributed by atoms with Crippen LogP contribution < -0.4 is 0 Å². The molecule has 2 heterocycles. The van der Waals surface area contributed by atoms with Crippen LogP contribution in [-0.4, -0.2) is 72.3 Å². The van der Waals surface area contributed by atoms with Crippen molar-refractivity contribution in [3.05, 3.63) is 35.9 Å². The van der Waals surface area contributed by atoms with Crippen molar-refractivity contribution in [2.75, 3.05) is 45.8 Å². The predicted molar refractivity (Wildman–Crippen MR) is 105 cm³/mol. The molecule has 0 aromatic heterocycles. The number of piperidine rings is 1. The Bertz CT molecular complexity index is 651. The van der Waals surface area contributed by atoms with E-state index >= 15 is 0 Å². The van der Waals surface area contributed by atoms with Crippen LogP contribution >= 0.6 is 0 Å². The summed E-state index contributed by atoms with van der Waals surface area (Å²) in [5.41, 5.74) is 1.37. The highest BCUT2D eigenvalue weighted by atomic mass is 16.2. The van der Waals surface area contributed by atoms with Gasteiger partial charge in [-0.1, -0.05) is 30.3 Å². The van der Waals surface area contributed by atoms with E-state index in [0.29, 0.717) is 12.5 Å². The Kier molecular flexibility index (Phi) is 5.77. The number of rotatable bonds is 5. The Hall–Kier alpha value is -1.88. The second kappa shape index (κ2) is 8.42. The van der Waals surface area contributed by atoms with Crippen molar-refractivity contribution in [3.63, 3.8) is 0 Å². The van der Waals surface area contributed by atoms with E-state index in [1.165, 1.54) is 5.56 Å². The van der Waals surface area contributed by atoms with E-state index in [1.807, 2.05) is 9.80 Å². The highest BCUT2D eigenvalue weighted by molar-refractivity contribution is 5.83. The molecule has 1 aromatic carbocycles. The van der Waals surface area contributed by atoms with E-state index < -0.39 is 0 Å². The fourth-order valence-electron chi connectivity index (χ4n) is 4.35. The molecule has 1 aliphatic carbocycles. The van der Waals surface area contributed by atoms with Crippen molar-refractivity contribution in [2.45, 2.75) is 32.1 Å². The molecule has 0 bridgehead atoms. The summed E-state index contributed by atoms with van der Waals surface area (Å²) in [6.45, 7) is 6.08. The lowest BCUT2D eigenvalue weighted by molar-refractivity contribution is -0.142. The molecule has 4 rings (SSSR count). The topological polar surface area (TPSA) is 43.9 Å². The maximum atomic E-state index is 13.0. The molecule has 2 amide bonds. The minimum Gasteiger partial charge on any atom is -0.342 e. The first-order chi connectivity index (χ1) is 13.2. The monoisotopic (exact) mass is 369 g/mol. The molecule has 3 fully saturated rings. The van der Waals surface area contributed by atoms with Gasteiger partial charge in [0, 0.05) is 51.7 Å². The van der Waals surface area contributed by atoms with Gasteiger partial charge in [0.25, 0.3) is 0 Å². The quantitative estimate of drug-likeness (QED) is 0.798. The van der Waals surface area contributed by atoms with Gasteiger partial charge in [-0.25, -0.2) is 0 Å². The highest BCUT2D eigenvalue weighted by Gasteiger charge is 2.37. The zero-order valence-electron chi connectivity index (χ0n) is 16.2. The second-order valence-corrected chi connectivity index (χ2v) is 8.30. The van der Waals surface area contributed by atoms with Gasteiger partial charge < -0.3 is 9.80 Å². The average Bonchev–Trinajstić information content (AvgIpc) is 3.58. The molecule has 1 aromatic rings. The zero-order chi connectivity index (χ0) is 18.6. The van der Waals surface area contributed by atoms with E-state index in [4.69, 9.17) is 0 Å². The molecule has 1 atom stereocenters. The normalized spacial score (nSPS) is 24.1. The summed E-state index contributed by atoms with van der Waals surface area (Å²) in [6.07, 6.45) is 5.04. The Balaban J connectivity index is 1.22. The number of hydrogen-bond donors (Lipinski definition) is 0. The number of benzene rings is 1. The van der Waals surface area contributed by atoms with Gasteiger partial charge in [0.1, 0.15) is 0 Å². The Morgan fingerprint density at radius 3 is 2.22 bits per heavy atom. The molecule has 1 unspecified atom stereocenters. The first kappa shape index (κ1) is 18.5. The summed E-state index contributed by atoms with van der Waals surface area (Å²) in [6, 6.07) is 10.6. The fourth-order valence-corrected chi connectivity index (χ4v) is 4.35. The fraction of sp³-hybridized carbons (Fsp3) is 0.636. The number of hydrogen-bond acceptors (Lipinski definition) is 3. The average molecular weight is 370 g/mol. The second-order valence-electron chi connectivity index (χ2n) is 8.30. The third-order valence-corrected chi connectivity index (χ3v) is 6.25. The molecular formula is C22H31N3O2. The summed E-state index contributed by atoms with van der Waals surface area (Å²) >= 11 is 0. The van der Waals surface area contributed by atoms with Crippen molar-refractivity contribution >= 4 is 11.8 Å². The largest absolute Gasteiger partial charge is 0.342 e. The van der Waals surface area contributed by atoms with E-state index in [2.05, 4.69) is 35.2 Å². The molecular weight excluding hydrogens is 338 g/mol. The molecule has 2 aliphatic heterocycles. The van der Waals surface area contributed by atoms with Crippen LogP contribution in [0.4, 0.5) is 0 Å². The number of amides is 2. The number of likely N-dealkylation sites (tertiary alicyclic amines) is 1. The standard InChI is InChI=1S/C22H31N3O2/c26-21(19-8-9-19)25-11-4-7-20(17-25)22(27)24-15-13-23(14-16-24)12-10-18-5-2-1-3-6-18/h1-3,5-6,19-20H,4,7-17H2. The van der Waals surface area contributed by atoms with E-state index in [9.17, 15) is 9.59 Å². The number of piperazine rings is 1. The van der Waals surface area contributed by atoms with Crippen molar-refractivity contribution in [1.82, 2.24) is 14.7 Å². The SMILES string of the molecule is O=C(C1CCCN(C(=O)C2CC2)C1)N1CCN(CCc2ccccc2)CC1. The lowest BCUT2D eigenvalue weighted by Crippen LogP contribution is -2.53. The number of carbonyl (C=O) groups is 2. The lowest BCUT2D eigenvalue weighted by atomic mass is 9.95. The maximum absolute atomic E-state index is 13.0. The van der Waals surface area contributed by atoms with Gasteiger partial charge in [0.2, 0.25) is 11.8 Å². The molecule has 5 nitrogen and oxygen atoms in total. The van der Waals surface area contributed by atoms with Crippen LogP contribution in [0.5, 0.6) is 0 Å². The predicted octanol–water partition coefficient (Wildman–Crippen LogP) is 2.02. The smallest absolute Gasteiger partial charge is 0.227 e. The molecule has 1 saturated carbocycles. The molecule has 2 saturated heterocycles. The van der Waals surface area contributed by atoms with Gasteiger partial charge >= 0.3 is 0 Å². The van der Waals surface area contributed by atoms with Crippen LogP contribution in [0.3, 0.4) is 0 Å². The van der Waals surface area contributed by atoms with Crippen LogP contribution in [0.15, 0.2) is 30.3 Å². The van der Waals surface area contributed by atoms with Crippen LogP contribution in [0.25, 0.3) is 0 Å². The van der Waals surface area contributed by atoms with Gasteiger partial charge in [-0.15, -0.1) is 0 Å². The molecule has 146 valence electrons. The number of nitrogens with zero attached hydrogens (tertiary/aromatic N) is 3. The first-order valence-electron chi connectivity index (χ1n) is 10.5. The molecule has 0 spiro atoms. The van der Waals surface area contributed by atoms with E-state index in [1.54, 1.807) is 0 Å². The van der Waals surface area contributed by atoms with Gasteiger partial charge in [-0.2, -0.15) is 0 Å². The molecule has 5 heteroatoms. The molecule has 3 aliphatic rings. The minimum absolute atomic E-state index is 0.0114. The van der Waals surface area contributed by atoms with Crippen molar-refractivity contribution in [1.29, 1.82) is 0 Å². The zero-order valence-corrected chi connectivity index (χ0v) is 16.2. The molecule has 0 radical (unpaired) electrons. The summed E-state index contributed by atoms with van der Waals surface area (Å²) < 4.78 is 0. The van der Waals surface area contributed by atoms with Gasteiger partial charge in [0.15, 0.2) is 0 Å².